The Kier molecular flexibility index (Phi) is 3.96. The van der Waals surface area contributed by atoms with E-state index in [0.29, 0.717) is 10.6 Å². The fraction of sp³-hybridized carbons (Fsp3) is 0.0769. The third kappa shape index (κ3) is 2.92. The van der Waals surface area contributed by atoms with Gasteiger partial charge in [0.05, 0.1) is 10.0 Å². The number of aryl methyl sites for hydroxylation is 1. The molecule has 0 unspecified atom stereocenters. The Bertz CT molecular complexity index is 696. The van der Waals surface area contributed by atoms with Gasteiger partial charge in [-0.2, -0.15) is 0 Å². The number of nitrogens with one attached hydrogen (secondary N) is 1. The van der Waals surface area contributed by atoms with E-state index in [1.54, 1.807) is 13.0 Å². The van der Waals surface area contributed by atoms with Gasteiger partial charge < -0.3 is 15.5 Å². The molecule has 0 bridgehead atoms. The van der Waals surface area contributed by atoms with E-state index >= 15 is 0 Å². The molecule has 1 aromatic heterocycles. The first-order chi connectivity index (χ1) is 9.38. The highest BCUT2D eigenvalue weighted by Crippen LogP contribution is 2.28. The Labute approximate surface area is 123 Å². The Morgan fingerprint density at radius 2 is 2.00 bits per heavy atom. The number of hydrogen-bond donors (Lipinski definition) is 3. The number of amides is 1. The van der Waals surface area contributed by atoms with Crippen LogP contribution in [0.25, 0.3) is 0 Å². The van der Waals surface area contributed by atoms with E-state index in [9.17, 15) is 14.7 Å². The van der Waals surface area contributed by atoms with Crippen LogP contribution in [0.15, 0.2) is 24.3 Å². The molecule has 0 aliphatic heterocycles. The van der Waals surface area contributed by atoms with Crippen molar-refractivity contribution in [3.8, 4) is 5.75 Å². The van der Waals surface area contributed by atoms with Crippen molar-refractivity contribution in [3.05, 3.63) is 45.3 Å². The Morgan fingerprint density at radius 1 is 1.30 bits per heavy atom. The maximum Gasteiger partial charge on any atom is 0.346 e. The van der Waals surface area contributed by atoms with Gasteiger partial charge in [-0.1, -0.05) is 11.6 Å². The summed E-state index contributed by atoms with van der Waals surface area (Å²) < 4.78 is 0. The van der Waals surface area contributed by atoms with Crippen LogP contribution in [-0.2, 0) is 0 Å². The number of rotatable bonds is 3. The fourth-order valence-electron chi connectivity index (χ4n) is 1.59. The lowest BCUT2D eigenvalue weighted by Crippen LogP contribution is -2.10. The number of carboxylic acid groups (broad SMARTS) is 1. The van der Waals surface area contributed by atoms with Gasteiger partial charge in [-0.25, -0.2) is 4.79 Å². The van der Waals surface area contributed by atoms with Crippen molar-refractivity contribution >= 4 is 39.8 Å². The van der Waals surface area contributed by atoms with E-state index in [4.69, 9.17) is 16.7 Å². The van der Waals surface area contributed by atoms with Crippen molar-refractivity contribution in [2.24, 2.45) is 0 Å². The van der Waals surface area contributed by atoms with E-state index in [0.717, 1.165) is 11.3 Å². The second-order valence-electron chi connectivity index (χ2n) is 4.05. The molecular formula is C13H10ClNO4S. The lowest BCUT2D eigenvalue weighted by Gasteiger charge is -2.03. The molecule has 2 rings (SSSR count). The zero-order valence-corrected chi connectivity index (χ0v) is 11.9. The maximum atomic E-state index is 12.0. The zero-order valence-electron chi connectivity index (χ0n) is 10.3. The maximum absolute atomic E-state index is 12.0. The van der Waals surface area contributed by atoms with Crippen LogP contribution in [0.3, 0.4) is 0 Å². The van der Waals surface area contributed by atoms with Gasteiger partial charge >= 0.3 is 5.97 Å². The van der Waals surface area contributed by atoms with Gasteiger partial charge in [-0.05, 0) is 36.8 Å². The first kappa shape index (κ1) is 14.4. The summed E-state index contributed by atoms with van der Waals surface area (Å²) in [6, 6.07) is 5.67. The van der Waals surface area contributed by atoms with Gasteiger partial charge in [0, 0.05) is 5.56 Å². The summed E-state index contributed by atoms with van der Waals surface area (Å²) >= 11 is 6.71. The second kappa shape index (κ2) is 5.52. The van der Waals surface area contributed by atoms with Crippen LogP contribution in [0.4, 0.5) is 5.00 Å². The van der Waals surface area contributed by atoms with Crippen molar-refractivity contribution in [2.75, 3.05) is 5.32 Å². The summed E-state index contributed by atoms with van der Waals surface area (Å²) in [6.45, 7) is 1.66. The molecular weight excluding hydrogens is 302 g/mol. The average Bonchev–Trinajstić information content (AvgIpc) is 2.73. The molecule has 0 radical (unpaired) electrons. The van der Waals surface area contributed by atoms with Crippen molar-refractivity contribution in [1.82, 2.24) is 0 Å². The van der Waals surface area contributed by atoms with Gasteiger partial charge in [0.1, 0.15) is 10.6 Å². The molecule has 1 heterocycles. The van der Waals surface area contributed by atoms with Gasteiger partial charge in [-0.3, -0.25) is 4.79 Å². The normalized spacial score (nSPS) is 10.3. The fourth-order valence-corrected chi connectivity index (χ4v) is 2.68. The molecule has 0 aliphatic carbocycles. The molecule has 0 fully saturated rings. The number of thiophene rings is 1. The lowest BCUT2D eigenvalue weighted by atomic mass is 10.2. The lowest BCUT2D eigenvalue weighted by molar-refractivity contribution is 0.0701. The number of aromatic carboxylic acids is 1. The smallest absolute Gasteiger partial charge is 0.346 e. The zero-order chi connectivity index (χ0) is 14.9. The molecule has 5 nitrogen and oxygen atoms in total. The summed E-state index contributed by atoms with van der Waals surface area (Å²) in [4.78, 5) is 23.1. The summed E-state index contributed by atoms with van der Waals surface area (Å²) in [7, 11) is 0. The molecule has 1 aromatic carbocycles. The predicted octanol–water partition coefficient (Wildman–Crippen LogP) is 3.37. The molecule has 0 atom stereocenters. The molecule has 0 spiro atoms. The van der Waals surface area contributed by atoms with Crippen LogP contribution in [0.1, 0.15) is 25.6 Å². The Hall–Kier alpha value is -2.05. The second-order valence-corrected chi connectivity index (χ2v) is 5.51. The first-order valence-electron chi connectivity index (χ1n) is 5.52. The van der Waals surface area contributed by atoms with Crippen molar-refractivity contribution in [1.29, 1.82) is 0 Å². The van der Waals surface area contributed by atoms with Gasteiger partial charge in [-0.15, -0.1) is 11.3 Å². The number of halogens is 1. The Balaban J connectivity index is 2.21. The summed E-state index contributed by atoms with van der Waals surface area (Å²) in [6.07, 6.45) is 0. The monoisotopic (exact) mass is 311 g/mol. The SMILES string of the molecule is Cc1cc(NC(=O)c2ccc(O)c(Cl)c2)sc1C(=O)O. The van der Waals surface area contributed by atoms with Crippen molar-refractivity contribution in [2.45, 2.75) is 6.92 Å². The largest absolute Gasteiger partial charge is 0.506 e. The number of carboxylic acids is 1. The summed E-state index contributed by atoms with van der Waals surface area (Å²) in [5, 5.41) is 21.3. The third-order valence-electron chi connectivity index (χ3n) is 2.56. The Morgan fingerprint density at radius 3 is 2.55 bits per heavy atom. The highest BCUT2D eigenvalue weighted by atomic mass is 35.5. The minimum absolute atomic E-state index is 0.0752. The standard InChI is InChI=1S/C13H10ClNO4S/c1-6-4-10(20-11(6)13(18)19)15-12(17)7-2-3-9(16)8(14)5-7/h2-5,16H,1H3,(H,15,17)(H,18,19). The van der Waals surface area contributed by atoms with Gasteiger partial charge in [0.15, 0.2) is 0 Å². The minimum Gasteiger partial charge on any atom is -0.506 e. The molecule has 2 aromatic rings. The number of anilines is 1. The molecule has 104 valence electrons. The van der Waals surface area contributed by atoms with E-state index in [-0.39, 0.29) is 21.2 Å². The van der Waals surface area contributed by atoms with E-state index in [1.807, 2.05) is 0 Å². The highest BCUT2D eigenvalue weighted by molar-refractivity contribution is 7.18. The summed E-state index contributed by atoms with van der Waals surface area (Å²) in [5.41, 5.74) is 0.859. The average molecular weight is 312 g/mol. The van der Waals surface area contributed by atoms with E-state index in [1.165, 1.54) is 18.2 Å². The number of phenols is 1. The van der Waals surface area contributed by atoms with Gasteiger partial charge in [0.2, 0.25) is 0 Å². The summed E-state index contributed by atoms with van der Waals surface area (Å²) in [5.74, 6) is -1.56. The quantitative estimate of drug-likeness (QED) is 0.811. The molecule has 7 heteroatoms. The first-order valence-corrected chi connectivity index (χ1v) is 6.71. The number of phenolic OH excluding ortho intramolecular Hbond substituents is 1. The molecule has 3 N–H and O–H groups in total. The van der Waals surface area contributed by atoms with Crippen LogP contribution in [0, 0.1) is 6.92 Å². The van der Waals surface area contributed by atoms with Crippen LogP contribution >= 0.6 is 22.9 Å². The molecule has 0 aliphatic rings. The molecule has 20 heavy (non-hydrogen) atoms. The molecule has 1 amide bonds. The molecule has 0 saturated carbocycles. The topological polar surface area (TPSA) is 86.6 Å². The minimum atomic E-state index is -1.03. The molecule has 0 saturated heterocycles. The number of hydrogen-bond acceptors (Lipinski definition) is 4. The van der Waals surface area contributed by atoms with Crippen molar-refractivity contribution in [3.63, 3.8) is 0 Å². The number of carbonyl (C=O) groups is 2. The van der Waals surface area contributed by atoms with Crippen LogP contribution in [0.5, 0.6) is 5.75 Å². The van der Waals surface area contributed by atoms with Crippen molar-refractivity contribution < 1.29 is 19.8 Å². The third-order valence-corrected chi connectivity index (χ3v) is 4.00. The van der Waals surface area contributed by atoms with Crippen LogP contribution < -0.4 is 5.32 Å². The van der Waals surface area contributed by atoms with Crippen LogP contribution in [0.2, 0.25) is 5.02 Å². The number of aromatic hydroxyl groups is 1. The number of benzene rings is 1. The highest BCUT2D eigenvalue weighted by Gasteiger charge is 2.15. The van der Waals surface area contributed by atoms with E-state index < -0.39 is 11.9 Å². The predicted molar refractivity (Wildman–Crippen MR) is 77.1 cm³/mol. The van der Waals surface area contributed by atoms with Gasteiger partial charge in [0.25, 0.3) is 5.91 Å². The number of carbonyl (C=O) groups excluding carboxylic acids is 1. The van der Waals surface area contributed by atoms with Crippen LogP contribution in [-0.4, -0.2) is 22.1 Å². The van der Waals surface area contributed by atoms with E-state index in [2.05, 4.69) is 5.32 Å².